The van der Waals surface area contributed by atoms with Crippen molar-refractivity contribution in [2.24, 2.45) is 0 Å². The van der Waals surface area contributed by atoms with Gasteiger partial charge in [0.2, 0.25) is 0 Å². The Morgan fingerprint density at radius 2 is 1.77 bits per heavy atom. The number of nitrogens with zero attached hydrogens (tertiary/aromatic N) is 3. The number of piperidine rings is 1. The molecular weight excluding hydrogens is 394 g/mol. The van der Waals surface area contributed by atoms with Crippen molar-refractivity contribution in [3.63, 3.8) is 0 Å². The summed E-state index contributed by atoms with van der Waals surface area (Å²) in [4.78, 5) is 6.05. The van der Waals surface area contributed by atoms with Crippen molar-refractivity contribution < 1.29 is 14.6 Å². The molecule has 2 aromatic heterocycles. The lowest BCUT2D eigenvalue weighted by Gasteiger charge is -2.41. The summed E-state index contributed by atoms with van der Waals surface area (Å²) in [7, 11) is 0. The average molecular weight is 422 g/mol. The van der Waals surface area contributed by atoms with E-state index in [0.29, 0.717) is 29.3 Å². The van der Waals surface area contributed by atoms with Crippen LogP contribution in [0.5, 0.6) is 5.75 Å². The highest BCUT2D eigenvalue weighted by Crippen LogP contribution is 2.42. The van der Waals surface area contributed by atoms with Crippen LogP contribution < -0.4 is 10.2 Å². The number of anilines is 1. The first kappa shape index (κ1) is 19.0. The van der Waals surface area contributed by atoms with Gasteiger partial charge < -0.3 is 29.8 Å². The molecule has 0 spiro atoms. The second-order valence-corrected chi connectivity index (χ2v) is 8.76. The number of aromatic nitrogens is 3. The SMILES string of the molecule is Oc1ccccc1-c1cc2c(N3CCOCC3)c(C3C[C@H]4COC[C@@H](C3)N4)[nH]c2nn1. The molecule has 1 aromatic carbocycles. The number of morpholine rings is 2. The third-order valence-electron chi connectivity index (χ3n) is 6.72. The number of ether oxygens (including phenoxy) is 2. The molecule has 3 N–H and O–H groups in total. The molecule has 0 saturated carbocycles. The first-order chi connectivity index (χ1) is 15.3. The van der Waals surface area contributed by atoms with Gasteiger partial charge in [-0.15, -0.1) is 10.2 Å². The van der Waals surface area contributed by atoms with E-state index in [9.17, 15) is 5.11 Å². The highest BCUT2D eigenvalue weighted by molar-refractivity contribution is 5.95. The second-order valence-electron chi connectivity index (χ2n) is 8.76. The van der Waals surface area contributed by atoms with Crippen molar-refractivity contribution in [1.82, 2.24) is 20.5 Å². The second kappa shape index (κ2) is 7.78. The van der Waals surface area contributed by atoms with E-state index >= 15 is 0 Å². The fourth-order valence-corrected chi connectivity index (χ4v) is 5.31. The van der Waals surface area contributed by atoms with Crippen LogP contribution in [0.25, 0.3) is 22.3 Å². The Morgan fingerprint density at radius 1 is 1.00 bits per heavy atom. The predicted octanol–water partition coefficient (Wildman–Crippen LogP) is 2.40. The average Bonchev–Trinajstić information content (AvgIpc) is 3.18. The number of phenols is 1. The molecule has 1 unspecified atom stereocenters. The topological polar surface area (TPSA) is 95.5 Å². The normalized spacial score (nSPS) is 26.3. The molecule has 3 aliphatic heterocycles. The molecule has 0 radical (unpaired) electrons. The summed E-state index contributed by atoms with van der Waals surface area (Å²) in [6, 6.07) is 10.1. The number of hydrogen-bond donors (Lipinski definition) is 3. The third kappa shape index (κ3) is 3.44. The van der Waals surface area contributed by atoms with Gasteiger partial charge in [0.25, 0.3) is 0 Å². The van der Waals surface area contributed by atoms with Crippen molar-refractivity contribution in [3.8, 4) is 17.0 Å². The van der Waals surface area contributed by atoms with E-state index in [2.05, 4.69) is 31.5 Å². The van der Waals surface area contributed by atoms with Gasteiger partial charge in [-0.3, -0.25) is 0 Å². The summed E-state index contributed by atoms with van der Waals surface area (Å²) in [6.45, 7) is 4.71. The Labute approximate surface area is 180 Å². The number of phenolic OH excluding ortho intramolecular Hbond substituents is 1. The van der Waals surface area contributed by atoms with Crippen LogP contribution in [-0.4, -0.2) is 71.9 Å². The maximum Gasteiger partial charge on any atom is 0.162 e. The van der Waals surface area contributed by atoms with E-state index in [0.717, 1.165) is 63.4 Å². The summed E-state index contributed by atoms with van der Waals surface area (Å²) < 4.78 is 11.4. The lowest BCUT2D eigenvalue weighted by molar-refractivity contribution is 0.0177. The number of hydrogen-bond acceptors (Lipinski definition) is 7. The van der Waals surface area contributed by atoms with Crippen molar-refractivity contribution in [2.75, 3.05) is 44.4 Å². The smallest absolute Gasteiger partial charge is 0.162 e. The number of rotatable bonds is 3. The molecule has 3 atom stereocenters. The molecule has 8 nitrogen and oxygen atoms in total. The molecule has 31 heavy (non-hydrogen) atoms. The number of para-hydroxylation sites is 1. The monoisotopic (exact) mass is 421 g/mol. The van der Waals surface area contributed by atoms with Crippen molar-refractivity contribution in [2.45, 2.75) is 30.8 Å². The van der Waals surface area contributed by atoms with E-state index in [1.807, 2.05) is 18.2 Å². The van der Waals surface area contributed by atoms with Gasteiger partial charge in [0.1, 0.15) is 5.75 Å². The Bertz CT molecular complexity index is 1080. The quantitative estimate of drug-likeness (QED) is 0.598. The van der Waals surface area contributed by atoms with Crippen LogP contribution in [0.4, 0.5) is 5.69 Å². The molecule has 162 valence electrons. The standard InChI is InChI=1S/C23H27N5O3/c29-20-4-2-1-3-17(20)19-11-18-22(28-5-7-30-8-6-28)21(25-23(18)27-26-19)14-9-15-12-31-13-16(10-14)24-15/h1-4,11,14-16,24,29H,5-10,12-13H2,(H,25,27)/t14?,15-,16+. The Hall–Kier alpha value is -2.68. The number of nitrogens with one attached hydrogen (secondary N) is 2. The molecule has 3 fully saturated rings. The van der Waals surface area contributed by atoms with Gasteiger partial charge >= 0.3 is 0 Å². The Balaban J connectivity index is 1.47. The van der Waals surface area contributed by atoms with Crippen LogP contribution in [0.1, 0.15) is 24.5 Å². The molecular formula is C23H27N5O3. The molecule has 0 aliphatic carbocycles. The van der Waals surface area contributed by atoms with Gasteiger partial charge in [-0.25, -0.2) is 0 Å². The maximum absolute atomic E-state index is 10.3. The number of H-pyrrole nitrogens is 1. The summed E-state index contributed by atoms with van der Waals surface area (Å²) in [6.07, 6.45) is 2.08. The number of fused-ring (bicyclic) bond motifs is 3. The molecule has 8 heteroatoms. The fourth-order valence-electron chi connectivity index (χ4n) is 5.31. The van der Waals surface area contributed by atoms with Crippen molar-refractivity contribution in [1.29, 1.82) is 0 Å². The molecule has 3 aliphatic rings. The third-order valence-corrected chi connectivity index (χ3v) is 6.72. The van der Waals surface area contributed by atoms with E-state index < -0.39 is 0 Å². The van der Waals surface area contributed by atoms with Crippen LogP contribution in [0.2, 0.25) is 0 Å². The first-order valence-corrected chi connectivity index (χ1v) is 11.1. The van der Waals surface area contributed by atoms with E-state index in [-0.39, 0.29) is 5.75 Å². The molecule has 3 aromatic rings. The summed E-state index contributed by atoms with van der Waals surface area (Å²) in [5.74, 6) is 0.631. The number of aromatic amines is 1. The zero-order valence-corrected chi connectivity index (χ0v) is 17.4. The van der Waals surface area contributed by atoms with Crippen LogP contribution in [0, 0.1) is 0 Å². The van der Waals surface area contributed by atoms with Crippen molar-refractivity contribution >= 4 is 16.7 Å². The zero-order valence-electron chi connectivity index (χ0n) is 17.4. The highest BCUT2D eigenvalue weighted by atomic mass is 16.5. The van der Waals surface area contributed by atoms with E-state index in [1.165, 1.54) is 11.4 Å². The van der Waals surface area contributed by atoms with Crippen molar-refractivity contribution in [3.05, 3.63) is 36.0 Å². The lowest BCUT2D eigenvalue weighted by atomic mass is 9.84. The minimum atomic E-state index is 0.214. The van der Waals surface area contributed by atoms with Gasteiger partial charge in [-0.2, -0.15) is 0 Å². The molecule has 3 saturated heterocycles. The number of aromatic hydroxyl groups is 1. The molecule has 6 rings (SSSR count). The van der Waals surface area contributed by atoms with Gasteiger partial charge in [-0.1, -0.05) is 12.1 Å². The highest BCUT2D eigenvalue weighted by Gasteiger charge is 2.36. The van der Waals surface area contributed by atoms with E-state index in [4.69, 9.17) is 9.47 Å². The predicted molar refractivity (Wildman–Crippen MR) is 118 cm³/mol. The minimum Gasteiger partial charge on any atom is -0.507 e. The van der Waals surface area contributed by atoms with Gasteiger partial charge in [0, 0.05) is 47.7 Å². The zero-order chi connectivity index (χ0) is 20.8. The summed E-state index contributed by atoms with van der Waals surface area (Å²) in [5, 5.41) is 24.0. The lowest BCUT2D eigenvalue weighted by Crippen LogP contribution is -2.53. The van der Waals surface area contributed by atoms with Crippen LogP contribution >= 0.6 is 0 Å². The largest absolute Gasteiger partial charge is 0.507 e. The number of benzene rings is 1. The first-order valence-electron chi connectivity index (χ1n) is 11.1. The minimum absolute atomic E-state index is 0.214. The van der Waals surface area contributed by atoms with Gasteiger partial charge in [0.15, 0.2) is 5.65 Å². The van der Waals surface area contributed by atoms with Gasteiger partial charge in [-0.05, 0) is 31.0 Å². The summed E-state index contributed by atoms with van der Waals surface area (Å²) in [5.41, 5.74) is 4.65. The van der Waals surface area contributed by atoms with Gasteiger partial charge in [0.05, 0.1) is 37.8 Å². The van der Waals surface area contributed by atoms with E-state index in [1.54, 1.807) is 6.07 Å². The Morgan fingerprint density at radius 3 is 2.55 bits per heavy atom. The summed E-state index contributed by atoms with van der Waals surface area (Å²) >= 11 is 0. The molecule has 0 amide bonds. The Kier molecular flexibility index (Phi) is 4.78. The molecule has 2 bridgehead atoms. The molecule has 5 heterocycles. The van der Waals surface area contributed by atoms with Crippen LogP contribution in [0.3, 0.4) is 0 Å². The van der Waals surface area contributed by atoms with Crippen LogP contribution in [0.15, 0.2) is 30.3 Å². The van der Waals surface area contributed by atoms with Crippen LogP contribution in [-0.2, 0) is 9.47 Å². The fraction of sp³-hybridized carbons (Fsp3) is 0.478. The maximum atomic E-state index is 10.3.